The van der Waals surface area contributed by atoms with E-state index in [1.165, 1.54) is 12.1 Å². The van der Waals surface area contributed by atoms with Gasteiger partial charge in [0, 0.05) is 6.04 Å². The highest BCUT2D eigenvalue weighted by Crippen LogP contribution is 2.30. The van der Waals surface area contributed by atoms with Crippen LogP contribution in [-0.2, 0) is 0 Å². The molecular formula is C16H24F3NO. The predicted octanol–water partition coefficient (Wildman–Crippen LogP) is 5.06. The number of rotatable bonds is 8. The third-order valence-corrected chi connectivity index (χ3v) is 3.38. The zero-order chi connectivity index (χ0) is 15.9. The van der Waals surface area contributed by atoms with Crippen molar-refractivity contribution in [2.24, 2.45) is 5.92 Å². The minimum Gasteiger partial charge on any atom is -0.406 e. The van der Waals surface area contributed by atoms with Crippen molar-refractivity contribution < 1.29 is 17.9 Å². The van der Waals surface area contributed by atoms with E-state index in [0.717, 1.165) is 31.4 Å². The van der Waals surface area contributed by atoms with Crippen LogP contribution in [0.4, 0.5) is 13.2 Å². The summed E-state index contributed by atoms with van der Waals surface area (Å²) < 4.78 is 41.0. The Bertz CT molecular complexity index is 420. The summed E-state index contributed by atoms with van der Waals surface area (Å²) in [6.07, 6.45) is -1.61. The summed E-state index contributed by atoms with van der Waals surface area (Å²) in [5.41, 5.74) is 0.839. The summed E-state index contributed by atoms with van der Waals surface area (Å²) in [6, 6.07) is 6.31. The Balaban J connectivity index is 2.93. The van der Waals surface area contributed by atoms with Crippen molar-refractivity contribution in [3.8, 4) is 5.75 Å². The van der Waals surface area contributed by atoms with E-state index in [4.69, 9.17) is 0 Å². The van der Waals surface area contributed by atoms with Gasteiger partial charge >= 0.3 is 6.36 Å². The van der Waals surface area contributed by atoms with Gasteiger partial charge < -0.3 is 10.1 Å². The maximum absolute atomic E-state index is 12.3. The van der Waals surface area contributed by atoms with E-state index in [9.17, 15) is 13.2 Å². The van der Waals surface area contributed by atoms with Crippen LogP contribution in [0.1, 0.15) is 51.6 Å². The molecule has 2 atom stereocenters. The van der Waals surface area contributed by atoms with Crippen LogP contribution < -0.4 is 10.1 Å². The Hall–Kier alpha value is -1.23. The number of halogens is 3. The van der Waals surface area contributed by atoms with E-state index in [1.54, 1.807) is 6.07 Å². The lowest BCUT2D eigenvalue weighted by Gasteiger charge is -2.26. The number of hydrogen-bond donors (Lipinski definition) is 1. The maximum atomic E-state index is 12.3. The lowest BCUT2D eigenvalue weighted by molar-refractivity contribution is -0.274. The summed E-state index contributed by atoms with van der Waals surface area (Å²) >= 11 is 0. The van der Waals surface area contributed by atoms with Crippen molar-refractivity contribution in [1.29, 1.82) is 0 Å². The van der Waals surface area contributed by atoms with Crippen molar-refractivity contribution in [2.45, 2.75) is 52.4 Å². The van der Waals surface area contributed by atoms with Crippen LogP contribution in [0.25, 0.3) is 0 Å². The Morgan fingerprint density at radius 3 is 2.48 bits per heavy atom. The van der Waals surface area contributed by atoms with Crippen molar-refractivity contribution in [3.63, 3.8) is 0 Å². The van der Waals surface area contributed by atoms with Gasteiger partial charge in [0.1, 0.15) is 5.75 Å². The first kappa shape index (κ1) is 17.8. The Morgan fingerprint density at radius 1 is 1.19 bits per heavy atom. The molecule has 5 heteroatoms. The molecule has 2 nitrogen and oxygen atoms in total. The van der Waals surface area contributed by atoms with Gasteiger partial charge in [-0.15, -0.1) is 13.2 Å². The molecule has 2 unspecified atom stereocenters. The Labute approximate surface area is 124 Å². The molecule has 0 aliphatic carbocycles. The van der Waals surface area contributed by atoms with E-state index < -0.39 is 6.36 Å². The standard InChI is InChI=1S/C16H24F3NO/c1-4-7-12(3)15(20-10-5-2)13-8-6-9-14(11-13)21-16(17,18)19/h6,8-9,11-12,15,20H,4-5,7,10H2,1-3H3. The van der Waals surface area contributed by atoms with E-state index >= 15 is 0 Å². The summed E-state index contributed by atoms with van der Waals surface area (Å²) in [5.74, 6) is 0.190. The zero-order valence-electron chi connectivity index (χ0n) is 12.8. The topological polar surface area (TPSA) is 21.3 Å². The highest BCUT2D eigenvalue weighted by Gasteiger charge is 2.31. The summed E-state index contributed by atoms with van der Waals surface area (Å²) in [5, 5.41) is 3.42. The maximum Gasteiger partial charge on any atom is 0.573 e. The first-order valence-electron chi connectivity index (χ1n) is 7.46. The minimum atomic E-state index is -4.65. The molecule has 0 aliphatic heterocycles. The van der Waals surface area contributed by atoms with Crippen LogP contribution in [0.3, 0.4) is 0 Å². The zero-order valence-corrected chi connectivity index (χ0v) is 12.8. The quantitative estimate of drug-likeness (QED) is 0.724. The normalized spacial score (nSPS) is 14.8. The monoisotopic (exact) mass is 303 g/mol. The third-order valence-electron chi connectivity index (χ3n) is 3.38. The van der Waals surface area contributed by atoms with Gasteiger partial charge in [0.15, 0.2) is 0 Å². The molecule has 120 valence electrons. The molecule has 0 fully saturated rings. The fourth-order valence-corrected chi connectivity index (χ4v) is 2.47. The minimum absolute atomic E-state index is 0.0432. The second kappa shape index (κ2) is 8.27. The van der Waals surface area contributed by atoms with Gasteiger partial charge in [-0.05, 0) is 43.0 Å². The van der Waals surface area contributed by atoms with Gasteiger partial charge in [0.25, 0.3) is 0 Å². The lowest BCUT2D eigenvalue weighted by atomic mass is 9.91. The average molecular weight is 303 g/mol. The number of alkyl halides is 3. The fourth-order valence-electron chi connectivity index (χ4n) is 2.47. The number of hydrogen-bond acceptors (Lipinski definition) is 2. The molecule has 0 radical (unpaired) electrons. The molecule has 1 N–H and O–H groups in total. The van der Waals surface area contributed by atoms with Crippen LogP contribution in [0.2, 0.25) is 0 Å². The second-order valence-electron chi connectivity index (χ2n) is 5.32. The fraction of sp³-hybridized carbons (Fsp3) is 0.625. The van der Waals surface area contributed by atoms with E-state index in [1.807, 2.05) is 6.07 Å². The van der Waals surface area contributed by atoms with Crippen LogP contribution in [-0.4, -0.2) is 12.9 Å². The van der Waals surface area contributed by atoms with Crippen LogP contribution >= 0.6 is 0 Å². The van der Waals surface area contributed by atoms with Gasteiger partial charge in [-0.2, -0.15) is 0 Å². The summed E-state index contributed by atoms with van der Waals surface area (Å²) in [6.45, 7) is 7.13. The Kier molecular flexibility index (Phi) is 7.02. The van der Waals surface area contributed by atoms with Crippen LogP contribution in [0.5, 0.6) is 5.75 Å². The third kappa shape index (κ3) is 6.38. The van der Waals surface area contributed by atoms with Gasteiger partial charge in [-0.25, -0.2) is 0 Å². The molecule has 0 saturated carbocycles. The van der Waals surface area contributed by atoms with Crippen molar-refractivity contribution in [3.05, 3.63) is 29.8 Å². The molecule has 1 aromatic rings. The smallest absolute Gasteiger partial charge is 0.406 e. The Morgan fingerprint density at radius 2 is 1.90 bits per heavy atom. The molecule has 0 amide bonds. The van der Waals surface area contributed by atoms with Crippen molar-refractivity contribution in [1.82, 2.24) is 5.32 Å². The van der Waals surface area contributed by atoms with Crippen LogP contribution in [0, 0.1) is 5.92 Å². The highest BCUT2D eigenvalue weighted by molar-refractivity contribution is 5.31. The molecule has 21 heavy (non-hydrogen) atoms. The molecule has 1 rings (SSSR count). The highest BCUT2D eigenvalue weighted by atomic mass is 19.4. The molecule has 0 saturated heterocycles. The second-order valence-corrected chi connectivity index (χ2v) is 5.32. The first-order valence-corrected chi connectivity index (χ1v) is 7.46. The predicted molar refractivity (Wildman–Crippen MR) is 78.2 cm³/mol. The lowest BCUT2D eigenvalue weighted by Crippen LogP contribution is -2.28. The van der Waals surface area contributed by atoms with Gasteiger partial charge in [0.2, 0.25) is 0 Å². The molecular weight excluding hydrogens is 279 g/mol. The molecule has 0 aliphatic rings. The molecule has 0 bridgehead atoms. The number of nitrogens with one attached hydrogen (secondary N) is 1. The average Bonchev–Trinajstić information content (AvgIpc) is 2.38. The van der Waals surface area contributed by atoms with Gasteiger partial charge in [-0.3, -0.25) is 0 Å². The molecule has 0 heterocycles. The first-order chi connectivity index (χ1) is 9.87. The molecule has 0 aromatic heterocycles. The van der Waals surface area contributed by atoms with Crippen molar-refractivity contribution >= 4 is 0 Å². The van der Waals surface area contributed by atoms with Crippen LogP contribution in [0.15, 0.2) is 24.3 Å². The molecule has 0 spiro atoms. The summed E-state index contributed by atoms with van der Waals surface area (Å²) in [4.78, 5) is 0. The van der Waals surface area contributed by atoms with Gasteiger partial charge in [0.05, 0.1) is 0 Å². The van der Waals surface area contributed by atoms with E-state index in [0.29, 0.717) is 5.92 Å². The summed E-state index contributed by atoms with van der Waals surface area (Å²) in [7, 11) is 0. The SMILES string of the molecule is CCCNC(c1cccc(OC(F)(F)F)c1)C(C)CCC. The van der Waals surface area contributed by atoms with E-state index in [-0.39, 0.29) is 11.8 Å². The largest absolute Gasteiger partial charge is 0.573 e. The number of ether oxygens (including phenoxy) is 1. The van der Waals surface area contributed by atoms with Gasteiger partial charge in [-0.1, -0.05) is 39.3 Å². The number of benzene rings is 1. The van der Waals surface area contributed by atoms with E-state index in [2.05, 4.69) is 30.8 Å². The van der Waals surface area contributed by atoms with Crippen molar-refractivity contribution in [2.75, 3.05) is 6.54 Å². The molecule has 1 aromatic carbocycles.